The Morgan fingerprint density at radius 3 is 2.88 bits per heavy atom. The van der Waals surface area contributed by atoms with Crippen LogP contribution in [-0.2, 0) is 9.53 Å². The summed E-state index contributed by atoms with van der Waals surface area (Å²) in [6.45, 7) is 7.12. The Bertz CT molecular complexity index is 233. The number of carbonyl (C=O) groups excluding carboxylic acids is 1. The minimum atomic E-state index is 0.224. The van der Waals surface area contributed by atoms with Gasteiger partial charge in [-0.2, -0.15) is 0 Å². The molecule has 2 unspecified atom stereocenters. The van der Waals surface area contributed by atoms with Gasteiger partial charge in [-0.3, -0.25) is 4.79 Å². The van der Waals surface area contributed by atoms with Gasteiger partial charge >= 0.3 is 0 Å². The van der Waals surface area contributed by atoms with Crippen molar-refractivity contribution >= 4 is 5.91 Å². The van der Waals surface area contributed by atoms with Crippen molar-refractivity contribution < 1.29 is 9.53 Å². The fourth-order valence-corrected chi connectivity index (χ4v) is 2.34. The third-order valence-corrected chi connectivity index (χ3v) is 3.44. The van der Waals surface area contributed by atoms with Crippen molar-refractivity contribution in [2.24, 2.45) is 5.92 Å². The molecule has 2 atom stereocenters. The van der Waals surface area contributed by atoms with Crippen molar-refractivity contribution in [3.05, 3.63) is 0 Å². The second kappa shape index (κ2) is 7.67. The van der Waals surface area contributed by atoms with E-state index in [4.69, 9.17) is 4.74 Å². The quantitative estimate of drug-likeness (QED) is 0.738. The van der Waals surface area contributed by atoms with Crippen LogP contribution in [0, 0.1) is 5.92 Å². The van der Waals surface area contributed by atoms with E-state index in [2.05, 4.69) is 19.2 Å². The lowest BCUT2D eigenvalue weighted by Crippen LogP contribution is -2.44. The number of ether oxygens (including phenoxy) is 1. The molecule has 1 rings (SSSR count). The topological polar surface area (TPSA) is 41.6 Å². The molecule has 1 saturated heterocycles. The number of likely N-dealkylation sites (tertiary alicyclic amines) is 1. The Morgan fingerprint density at radius 1 is 1.41 bits per heavy atom. The van der Waals surface area contributed by atoms with Gasteiger partial charge in [-0.05, 0) is 25.7 Å². The number of nitrogens with zero attached hydrogens (tertiary/aromatic N) is 1. The Kier molecular flexibility index (Phi) is 6.52. The summed E-state index contributed by atoms with van der Waals surface area (Å²) in [6.07, 6.45) is 3.61. The van der Waals surface area contributed by atoms with Crippen molar-refractivity contribution in [3.63, 3.8) is 0 Å². The van der Waals surface area contributed by atoms with Gasteiger partial charge in [-0.1, -0.05) is 13.3 Å². The van der Waals surface area contributed by atoms with Gasteiger partial charge in [0, 0.05) is 26.2 Å². The average Bonchev–Trinajstić information content (AvgIpc) is 2.46. The van der Waals surface area contributed by atoms with Crippen molar-refractivity contribution in [1.82, 2.24) is 10.2 Å². The largest absolute Gasteiger partial charge is 0.383 e. The molecule has 1 aliphatic rings. The van der Waals surface area contributed by atoms with Crippen LogP contribution in [0.1, 0.15) is 33.1 Å². The van der Waals surface area contributed by atoms with Gasteiger partial charge < -0.3 is 15.0 Å². The molecule has 1 amide bonds. The van der Waals surface area contributed by atoms with Crippen LogP contribution in [0.25, 0.3) is 0 Å². The third-order valence-electron chi connectivity index (χ3n) is 3.44. The fraction of sp³-hybridized carbons (Fsp3) is 0.923. The Hall–Kier alpha value is -0.610. The number of rotatable bonds is 5. The first-order chi connectivity index (χ1) is 8.15. The number of nitrogens with one attached hydrogen (secondary N) is 1. The fourth-order valence-electron chi connectivity index (χ4n) is 2.34. The first-order valence-electron chi connectivity index (χ1n) is 6.64. The van der Waals surface area contributed by atoms with Crippen molar-refractivity contribution in [3.8, 4) is 0 Å². The van der Waals surface area contributed by atoms with E-state index in [1.54, 1.807) is 7.11 Å². The molecular weight excluding hydrogens is 216 g/mol. The highest BCUT2D eigenvalue weighted by Crippen LogP contribution is 2.20. The lowest BCUT2D eigenvalue weighted by Gasteiger charge is -2.28. The van der Waals surface area contributed by atoms with E-state index in [0.29, 0.717) is 25.1 Å². The molecule has 0 bridgehead atoms. The molecule has 1 aliphatic heterocycles. The summed E-state index contributed by atoms with van der Waals surface area (Å²) in [5.41, 5.74) is 0. The lowest BCUT2D eigenvalue weighted by molar-refractivity contribution is -0.132. The highest BCUT2D eigenvalue weighted by atomic mass is 16.5. The molecule has 1 N–H and O–H groups in total. The normalized spacial score (nSPS) is 25.7. The van der Waals surface area contributed by atoms with Crippen LogP contribution in [0.4, 0.5) is 0 Å². The summed E-state index contributed by atoms with van der Waals surface area (Å²) in [5, 5.41) is 3.12. The maximum absolute atomic E-state index is 12.1. The predicted molar refractivity (Wildman–Crippen MR) is 68.9 cm³/mol. The minimum Gasteiger partial charge on any atom is -0.383 e. The lowest BCUT2D eigenvalue weighted by atomic mass is 10.1. The molecule has 4 nitrogen and oxygen atoms in total. The molecule has 1 heterocycles. The molecule has 0 aliphatic carbocycles. The standard InChI is InChI=1S/C13H26N2O2/c1-11-5-4-6-12(2)15(10-11)13(16)9-14-7-8-17-3/h11-12,14H,4-10H2,1-3H3. The molecule has 0 aromatic carbocycles. The van der Waals surface area contributed by atoms with E-state index in [-0.39, 0.29) is 5.91 Å². The molecule has 0 radical (unpaired) electrons. The van der Waals surface area contributed by atoms with Crippen molar-refractivity contribution in [2.75, 3.05) is 33.4 Å². The first kappa shape index (κ1) is 14.5. The van der Waals surface area contributed by atoms with Crippen molar-refractivity contribution in [2.45, 2.75) is 39.2 Å². The summed E-state index contributed by atoms with van der Waals surface area (Å²) in [4.78, 5) is 14.1. The van der Waals surface area contributed by atoms with Crippen LogP contribution < -0.4 is 5.32 Å². The molecule has 100 valence electrons. The highest BCUT2D eigenvalue weighted by Gasteiger charge is 2.24. The summed E-state index contributed by atoms with van der Waals surface area (Å²) >= 11 is 0. The van der Waals surface area contributed by atoms with Crippen LogP contribution in [0.5, 0.6) is 0 Å². The summed E-state index contributed by atoms with van der Waals surface area (Å²) in [5.74, 6) is 0.852. The predicted octanol–water partition coefficient (Wildman–Crippen LogP) is 1.26. The van der Waals surface area contributed by atoms with Crippen LogP contribution in [0.15, 0.2) is 0 Å². The van der Waals surface area contributed by atoms with Crippen LogP contribution >= 0.6 is 0 Å². The molecular formula is C13H26N2O2. The highest BCUT2D eigenvalue weighted by molar-refractivity contribution is 5.78. The molecule has 4 heteroatoms. The van der Waals surface area contributed by atoms with E-state index in [9.17, 15) is 4.79 Å². The van der Waals surface area contributed by atoms with E-state index in [1.807, 2.05) is 4.90 Å². The van der Waals surface area contributed by atoms with E-state index >= 15 is 0 Å². The molecule has 0 spiro atoms. The molecule has 0 saturated carbocycles. The number of carbonyl (C=O) groups is 1. The van der Waals surface area contributed by atoms with Crippen LogP contribution in [0.2, 0.25) is 0 Å². The zero-order valence-corrected chi connectivity index (χ0v) is 11.4. The zero-order valence-electron chi connectivity index (χ0n) is 11.4. The van der Waals surface area contributed by atoms with Gasteiger partial charge in [0.15, 0.2) is 0 Å². The zero-order chi connectivity index (χ0) is 12.7. The van der Waals surface area contributed by atoms with E-state index in [1.165, 1.54) is 12.8 Å². The number of hydrogen-bond donors (Lipinski definition) is 1. The SMILES string of the molecule is COCCNCC(=O)N1CC(C)CCCC1C. The van der Waals surface area contributed by atoms with Gasteiger partial charge in [0.1, 0.15) is 0 Å². The summed E-state index contributed by atoms with van der Waals surface area (Å²) < 4.78 is 4.94. The maximum atomic E-state index is 12.1. The monoisotopic (exact) mass is 242 g/mol. The van der Waals surface area contributed by atoms with Crippen molar-refractivity contribution in [1.29, 1.82) is 0 Å². The van der Waals surface area contributed by atoms with E-state index in [0.717, 1.165) is 19.5 Å². The van der Waals surface area contributed by atoms with Crippen LogP contribution in [-0.4, -0.2) is 50.2 Å². The smallest absolute Gasteiger partial charge is 0.236 e. The Labute approximate surface area is 105 Å². The number of hydrogen-bond acceptors (Lipinski definition) is 3. The van der Waals surface area contributed by atoms with E-state index < -0.39 is 0 Å². The molecule has 1 fully saturated rings. The van der Waals surface area contributed by atoms with Gasteiger partial charge in [0.05, 0.1) is 13.2 Å². The van der Waals surface area contributed by atoms with Gasteiger partial charge in [0.25, 0.3) is 0 Å². The second-order valence-corrected chi connectivity index (χ2v) is 5.10. The maximum Gasteiger partial charge on any atom is 0.236 e. The molecule has 0 aromatic heterocycles. The number of amides is 1. The Balaban J connectivity index is 2.36. The van der Waals surface area contributed by atoms with Gasteiger partial charge in [-0.25, -0.2) is 0 Å². The molecule has 0 aromatic rings. The van der Waals surface area contributed by atoms with Crippen LogP contribution in [0.3, 0.4) is 0 Å². The first-order valence-corrected chi connectivity index (χ1v) is 6.64. The summed E-state index contributed by atoms with van der Waals surface area (Å²) in [7, 11) is 1.67. The second-order valence-electron chi connectivity index (χ2n) is 5.10. The third kappa shape index (κ3) is 5.04. The summed E-state index contributed by atoms with van der Waals surface area (Å²) in [6, 6.07) is 0.386. The van der Waals surface area contributed by atoms with Gasteiger partial charge in [-0.15, -0.1) is 0 Å². The van der Waals surface area contributed by atoms with Gasteiger partial charge in [0.2, 0.25) is 5.91 Å². The average molecular weight is 242 g/mol. The molecule has 17 heavy (non-hydrogen) atoms. The Morgan fingerprint density at radius 2 is 2.18 bits per heavy atom. The minimum absolute atomic E-state index is 0.224. The number of methoxy groups -OCH3 is 1.